The zero-order chi connectivity index (χ0) is 24.2. The van der Waals surface area contributed by atoms with Crippen LogP contribution in [0.1, 0.15) is 110 Å². The molecule has 2 saturated carbocycles. The highest BCUT2D eigenvalue weighted by Gasteiger charge is 2.30. The van der Waals surface area contributed by atoms with Crippen molar-refractivity contribution >= 4 is 5.97 Å². The Hall–Kier alpha value is -2.30. The average Bonchev–Trinajstić information content (AvgIpc) is 2.82. The van der Waals surface area contributed by atoms with Gasteiger partial charge in [-0.2, -0.15) is 0 Å². The summed E-state index contributed by atoms with van der Waals surface area (Å²) >= 11 is 0. The Morgan fingerprint density at radius 1 is 0.853 bits per heavy atom. The van der Waals surface area contributed by atoms with Gasteiger partial charge < -0.3 is 4.74 Å². The summed E-state index contributed by atoms with van der Waals surface area (Å²) in [5, 5.41) is 0. The first-order valence-corrected chi connectivity index (χ1v) is 12.8. The van der Waals surface area contributed by atoms with Crippen molar-refractivity contribution in [3.63, 3.8) is 0 Å². The molecule has 0 N–H and O–H groups in total. The topological polar surface area (TPSA) is 26.3 Å². The number of aryl methyl sites for hydroxylation is 1. The molecule has 34 heavy (non-hydrogen) atoms. The number of carbonyl (C=O) groups excluding carboxylic acids is 1. The number of rotatable bonds is 6. The van der Waals surface area contributed by atoms with Crippen LogP contribution in [0.15, 0.2) is 30.3 Å². The van der Waals surface area contributed by atoms with Gasteiger partial charge in [0.1, 0.15) is 11.9 Å². The fourth-order valence-electron chi connectivity index (χ4n) is 5.88. The molecule has 5 heteroatoms. The average molecular weight is 473 g/mol. The highest BCUT2D eigenvalue weighted by molar-refractivity contribution is 5.90. The lowest BCUT2D eigenvalue weighted by Crippen LogP contribution is -2.25. The molecule has 0 spiro atoms. The van der Waals surface area contributed by atoms with Crippen LogP contribution in [0, 0.1) is 30.3 Å². The predicted molar refractivity (Wildman–Crippen MR) is 128 cm³/mol. The minimum Gasteiger partial charge on any atom is -0.459 e. The molecule has 2 aromatic carbocycles. The summed E-state index contributed by atoms with van der Waals surface area (Å²) in [5.74, 6) is -2.26. The zero-order valence-corrected chi connectivity index (χ0v) is 20.2. The molecule has 4 rings (SSSR count). The second-order valence-electron chi connectivity index (χ2n) is 10.2. The number of carbonyl (C=O) groups is 1. The van der Waals surface area contributed by atoms with E-state index in [0.717, 1.165) is 37.7 Å². The predicted octanol–water partition coefficient (Wildman–Crippen LogP) is 8.37. The van der Waals surface area contributed by atoms with Crippen LogP contribution in [0.3, 0.4) is 0 Å². The van der Waals surface area contributed by atoms with Gasteiger partial charge in [0, 0.05) is 0 Å². The molecule has 0 aromatic heterocycles. The molecule has 0 amide bonds. The molecule has 2 aromatic rings. The Balaban J connectivity index is 1.35. The summed E-state index contributed by atoms with van der Waals surface area (Å²) in [6.45, 7) is 4.03. The van der Waals surface area contributed by atoms with Crippen molar-refractivity contribution < 1.29 is 22.7 Å². The van der Waals surface area contributed by atoms with Gasteiger partial charge in [0.25, 0.3) is 0 Å². The molecule has 2 aliphatic carbocycles. The fourth-order valence-corrected chi connectivity index (χ4v) is 5.88. The molecule has 0 bridgehead atoms. The van der Waals surface area contributed by atoms with Gasteiger partial charge in [0.2, 0.25) is 0 Å². The largest absolute Gasteiger partial charge is 0.459 e. The Labute approximate surface area is 200 Å². The van der Waals surface area contributed by atoms with Crippen molar-refractivity contribution in [3.05, 3.63) is 70.0 Å². The molecular weight excluding hydrogens is 437 g/mol. The van der Waals surface area contributed by atoms with Crippen LogP contribution < -0.4 is 0 Å². The maximum atomic E-state index is 14.9. The van der Waals surface area contributed by atoms with Gasteiger partial charge in [-0.3, -0.25) is 0 Å². The zero-order valence-electron chi connectivity index (χ0n) is 20.2. The lowest BCUT2D eigenvalue weighted by molar-refractivity contribution is 0.0188. The smallest absolute Gasteiger partial charge is 0.341 e. The van der Waals surface area contributed by atoms with Gasteiger partial charge in [-0.1, -0.05) is 38.0 Å². The van der Waals surface area contributed by atoms with Crippen LogP contribution in [0.2, 0.25) is 0 Å². The van der Waals surface area contributed by atoms with E-state index >= 15 is 0 Å². The first-order chi connectivity index (χ1) is 16.4. The first kappa shape index (κ1) is 24.8. The molecule has 0 aliphatic heterocycles. The number of hydrogen-bond acceptors (Lipinski definition) is 2. The Kier molecular flexibility index (Phi) is 8.00. The number of benzene rings is 2. The van der Waals surface area contributed by atoms with Crippen LogP contribution in [0.5, 0.6) is 0 Å². The van der Waals surface area contributed by atoms with Crippen LogP contribution in [-0.4, -0.2) is 12.1 Å². The number of hydrogen-bond donors (Lipinski definition) is 0. The summed E-state index contributed by atoms with van der Waals surface area (Å²) in [5.41, 5.74) is 1.62. The third-order valence-corrected chi connectivity index (χ3v) is 7.86. The van der Waals surface area contributed by atoms with E-state index in [2.05, 4.69) is 6.92 Å². The molecule has 0 atom stereocenters. The highest BCUT2D eigenvalue weighted by atomic mass is 19.2. The van der Waals surface area contributed by atoms with E-state index < -0.39 is 17.6 Å². The highest BCUT2D eigenvalue weighted by Crippen LogP contribution is 2.40. The van der Waals surface area contributed by atoms with Crippen molar-refractivity contribution in [2.24, 2.45) is 5.92 Å². The fraction of sp³-hybridized carbons (Fsp3) is 0.552. The minimum absolute atomic E-state index is 0.00474. The lowest BCUT2D eigenvalue weighted by Gasteiger charge is -2.29. The van der Waals surface area contributed by atoms with Crippen LogP contribution >= 0.6 is 0 Å². The second kappa shape index (κ2) is 11.0. The standard InChI is InChI=1S/C29H35F3O2/c1-3-4-19-6-8-21(9-7-19)24-15-16-25(28(32)27(24)31)29(33)34-22-12-10-20(11-13-22)23-14-5-18(2)17-26(23)30/h5,14-17,19-22H,3-4,6-13H2,1-2H3. The summed E-state index contributed by atoms with van der Waals surface area (Å²) in [4.78, 5) is 12.6. The summed E-state index contributed by atoms with van der Waals surface area (Å²) in [7, 11) is 0. The van der Waals surface area contributed by atoms with Gasteiger partial charge in [-0.15, -0.1) is 0 Å². The van der Waals surface area contributed by atoms with Crippen LogP contribution in [-0.2, 0) is 4.74 Å². The first-order valence-electron chi connectivity index (χ1n) is 12.8. The van der Waals surface area contributed by atoms with E-state index in [9.17, 15) is 18.0 Å². The Morgan fingerprint density at radius 2 is 1.47 bits per heavy atom. The molecule has 0 saturated heterocycles. The molecule has 0 heterocycles. The molecule has 0 unspecified atom stereocenters. The molecule has 2 nitrogen and oxygen atoms in total. The molecule has 2 aliphatic rings. The van der Waals surface area contributed by atoms with Crippen molar-refractivity contribution in [2.75, 3.05) is 0 Å². The Bertz CT molecular complexity index is 1000. The van der Waals surface area contributed by atoms with E-state index in [1.165, 1.54) is 12.5 Å². The molecule has 184 valence electrons. The van der Waals surface area contributed by atoms with Crippen molar-refractivity contribution in [3.8, 4) is 0 Å². The third kappa shape index (κ3) is 5.50. The van der Waals surface area contributed by atoms with Crippen LogP contribution in [0.25, 0.3) is 0 Å². The van der Waals surface area contributed by atoms with Crippen molar-refractivity contribution in [2.45, 2.75) is 96.0 Å². The monoisotopic (exact) mass is 472 g/mol. The van der Waals surface area contributed by atoms with Gasteiger partial charge >= 0.3 is 5.97 Å². The van der Waals surface area contributed by atoms with E-state index in [4.69, 9.17) is 4.74 Å². The van der Waals surface area contributed by atoms with E-state index in [1.54, 1.807) is 12.1 Å². The quantitative estimate of drug-likeness (QED) is 0.395. The van der Waals surface area contributed by atoms with Gasteiger partial charge in [-0.25, -0.2) is 18.0 Å². The lowest BCUT2D eigenvalue weighted by atomic mass is 9.77. The van der Waals surface area contributed by atoms with Gasteiger partial charge in [0.05, 0.1) is 5.56 Å². The normalized spacial score (nSPS) is 25.2. The maximum absolute atomic E-state index is 14.9. The minimum atomic E-state index is -1.10. The molecule has 0 radical (unpaired) electrons. The maximum Gasteiger partial charge on any atom is 0.341 e. The number of esters is 1. The van der Waals surface area contributed by atoms with Crippen LogP contribution in [0.4, 0.5) is 13.2 Å². The second-order valence-corrected chi connectivity index (χ2v) is 10.2. The molecular formula is C29H35F3O2. The SMILES string of the molecule is CCCC1CCC(c2ccc(C(=O)OC3CCC(c4ccc(C)cc4F)CC3)c(F)c2F)CC1. The number of halogens is 3. The van der Waals surface area contributed by atoms with Gasteiger partial charge in [-0.05, 0) is 105 Å². The van der Waals surface area contributed by atoms with E-state index in [-0.39, 0.29) is 29.3 Å². The van der Waals surface area contributed by atoms with Crippen molar-refractivity contribution in [1.29, 1.82) is 0 Å². The Morgan fingerprint density at radius 3 is 2.12 bits per heavy atom. The molecule has 2 fully saturated rings. The summed E-state index contributed by atoms with van der Waals surface area (Å²) in [6.07, 6.45) is 8.30. The summed E-state index contributed by atoms with van der Waals surface area (Å²) in [6, 6.07) is 8.22. The third-order valence-electron chi connectivity index (χ3n) is 7.86. The summed E-state index contributed by atoms with van der Waals surface area (Å²) < 4.78 is 49.6. The van der Waals surface area contributed by atoms with Gasteiger partial charge in [0.15, 0.2) is 11.6 Å². The van der Waals surface area contributed by atoms with Crippen molar-refractivity contribution in [1.82, 2.24) is 0 Å². The number of ether oxygens (including phenoxy) is 1. The van der Waals surface area contributed by atoms with E-state index in [1.807, 2.05) is 19.1 Å². The van der Waals surface area contributed by atoms with E-state index in [0.29, 0.717) is 42.7 Å².